The SMILES string of the molecule is CC(=O)SCCOCCCNC(=O)OC(C)(C)C. The molecule has 0 spiro atoms. The number of thioether (sulfide) groups is 1. The minimum absolute atomic E-state index is 0.102. The van der Waals surface area contributed by atoms with Crippen LogP contribution in [0, 0.1) is 0 Å². The Morgan fingerprint density at radius 3 is 2.44 bits per heavy atom. The van der Waals surface area contributed by atoms with Crippen LogP contribution in [0.3, 0.4) is 0 Å². The molecule has 1 N–H and O–H groups in total. The van der Waals surface area contributed by atoms with E-state index in [0.717, 1.165) is 6.42 Å². The molecule has 0 atom stereocenters. The molecular weight excluding hydrogens is 254 g/mol. The Morgan fingerprint density at radius 2 is 1.89 bits per heavy atom. The van der Waals surface area contributed by atoms with Crippen LogP contribution in [0.5, 0.6) is 0 Å². The number of carbonyl (C=O) groups excluding carboxylic acids is 2. The first-order valence-corrected chi connectivity index (χ1v) is 6.98. The largest absolute Gasteiger partial charge is 0.444 e. The fourth-order valence-electron chi connectivity index (χ4n) is 1.03. The first-order valence-electron chi connectivity index (χ1n) is 5.99. The highest BCUT2D eigenvalue weighted by Gasteiger charge is 2.15. The summed E-state index contributed by atoms with van der Waals surface area (Å²) >= 11 is 1.25. The van der Waals surface area contributed by atoms with E-state index in [4.69, 9.17) is 9.47 Å². The van der Waals surface area contributed by atoms with Gasteiger partial charge in [0.15, 0.2) is 5.12 Å². The second-order valence-corrected chi connectivity index (χ2v) is 6.01. The van der Waals surface area contributed by atoms with Crippen molar-refractivity contribution >= 4 is 23.0 Å². The molecule has 0 saturated heterocycles. The summed E-state index contributed by atoms with van der Waals surface area (Å²) in [5.41, 5.74) is -0.468. The van der Waals surface area contributed by atoms with Gasteiger partial charge >= 0.3 is 6.09 Å². The third-order valence-corrected chi connectivity index (χ3v) is 2.44. The molecule has 0 bridgehead atoms. The van der Waals surface area contributed by atoms with E-state index in [1.165, 1.54) is 18.7 Å². The lowest BCUT2D eigenvalue weighted by Crippen LogP contribution is -2.33. The van der Waals surface area contributed by atoms with E-state index in [1.807, 2.05) is 20.8 Å². The quantitative estimate of drug-likeness (QED) is 0.723. The van der Waals surface area contributed by atoms with Crippen molar-refractivity contribution in [2.24, 2.45) is 0 Å². The minimum Gasteiger partial charge on any atom is -0.444 e. The maximum Gasteiger partial charge on any atom is 0.407 e. The van der Waals surface area contributed by atoms with Crippen LogP contribution in [0.25, 0.3) is 0 Å². The Balaban J connectivity index is 3.30. The van der Waals surface area contributed by atoms with Gasteiger partial charge in [-0.15, -0.1) is 0 Å². The molecule has 0 heterocycles. The maximum atomic E-state index is 11.3. The van der Waals surface area contributed by atoms with Crippen molar-refractivity contribution in [2.75, 3.05) is 25.5 Å². The van der Waals surface area contributed by atoms with Gasteiger partial charge in [0.25, 0.3) is 0 Å². The van der Waals surface area contributed by atoms with Crippen LogP contribution in [0.15, 0.2) is 0 Å². The van der Waals surface area contributed by atoms with Crippen LogP contribution in [0.4, 0.5) is 4.79 Å². The lowest BCUT2D eigenvalue weighted by atomic mass is 10.2. The van der Waals surface area contributed by atoms with Crippen molar-refractivity contribution in [3.8, 4) is 0 Å². The summed E-state index contributed by atoms with van der Waals surface area (Å²) in [5.74, 6) is 0.675. The molecule has 5 nitrogen and oxygen atoms in total. The predicted molar refractivity (Wildman–Crippen MR) is 72.8 cm³/mol. The first kappa shape index (κ1) is 17.2. The number of ether oxygens (including phenoxy) is 2. The molecule has 106 valence electrons. The van der Waals surface area contributed by atoms with Crippen molar-refractivity contribution in [1.29, 1.82) is 0 Å². The molecule has 0 saturated carbocycles. The summed E-state index contributed by atoms with van der Waals surface area (Å²) in [5, 5.41) is 2.75. The zero-order chi connectivity index (χ0) is 14.0. The third kappa shape index (κ3) is 13.3. The number of rotatable bonds is 7. The lowest BCUT2D eigenvalue weighted by Gasteiger charge is -2.19. The zero-order valence-electron chi connectivity index (χ0n) is 11.6. The highest BCUT2D eigenvalue weighted by Crippen LogP contribution is 2.06. The van der Waals surface area contributed by atoms with Gasteiger partial charge in [0.2, 0.25) is 0 Å². The van der Waals surface area contributed by atoms with E-state index in [2.05, 4.69) is 5.32 Å². The molecule has 0 aromatic rings. The molecule has 0 radical (unpaired) electrons. The Morgan fingerprint density at radius 1 is 1.22 bits per heavy atom. The van der Waals surface area contributed by atoms with Gasteiger partial charge in [0, 0.05) is 25.8 Å². The fraction of sp³-hybridized carbons (Fsp3) is 0.833. The van der Waals surface area contributed by atoms with Crippen LogP contribution in [-0.4, -0.2) is 42.3 Å². The smallest absolute Gasteiger partial charge is 0.407 e. The van der Waals surface area contributed by atoms with E-state index < -0.39 is 11.7 Å². The van der Waals surface area contributed by atoms with E-state index >= 15 is 0 Å². The number of nitrogens with one attached hydrogen (secondary N) is 1. The number of hydrogen-bond donors (Lipinski definition) is 1. The molecule has 0 aromatic heterocycles. The number of alkyl carbamates (subject to hydrolysis) is 1. The summed E-state index contributed by atoms with van der Waals surface area (Å²) in [6.07, 6.45) is 0.318. The summed E-state index contributed by atoms with van der Waals surface area (Å²) in [6, 6.07) is 0. The van der Waals surface area contributed by atoms with Crippen molar-refractivity contribution < 1.29 is 19.1 Å². The van der Waals surface area contributed by atoms with Crippen LogP contribution < -0.4 is 5.32 Å². The van der Waals surface area contributed by atoms with Crippen LogP contribution >= 0.6 is 11.8 Å². The molecule has 0 fully saturated rings. The number of carbonyl (C=O) groups is 2. The Bertz CT molecular complexity index is 263. The standard InChI is InChI=1S/C12H23NO4S/c1-10(14)18-9-8-16-7-5-6-13-11(15)17-12(2,3)4/h5-9H2,1-4H3,(H,13,15). The molecule has 0 aliphatic heterocycles. The normalized spacial score (nSPS) is 11.1. The van der Waals surface area contributed by atoms with Gasteiger partial charge in [-0.1, -0.05) is 11.8 Å². The summed E-state index contributed by atoms with van der Waals surface area (Å²) in [6.45, 7) is 8.64. The van der Waals surface area contributed by atoms with Crippen molar-refractivity contribution in [3.63, 3.8) is 0 Å². The van der Waals surface area contributed by atoms with Crippen molar-refractivity contribution in [1.82, 2.24) is 5.32 Å². The number of hydrogen-bond acceptors (Lipinski definition) is 5. The van der Waals surface area contributed by atoms with E-state index in [9.17, 15) is 9.59 Å². The molecule has 18 heavy (non-hydrogen) atoms. The highest BCUT2D eigenvalue weighted by molar-refractivity contribution is 8.13. The molecule has 0 aliphatic carbocycles. The monoisotopic (exact) mass is 277 g/mol. The Hall–Kier alpha value is -0.750. The van der Waals surface area contributed by atoms with Gasteiger partial charge in [-0.05, 0) is 27.2 Å². The van der Waals surface area contributed by atoms with Crippen LogP contribution in [-0.2, 0) is 14.3 Å². The van der Waals surface area contributed by atoms with Crippen molar-refractivity contribution in [3.05, 3.63) is 0 Å². The lowest BCUT2D eigenvalue weighted by molar-refractivity contribution is -0.109. The zero-order valence-corrected chi connectivity index (χ0v) is 12.4. The van der Waals surface area contributed by atoms with Gasteiger partial charge in [-0.3, -0.25) is 4.79 Å². The van der Waals surface area contributed by atoms with Crippen LogP contribution in [0.2, 0.25) is 0 Å². The summed E-state index contributed by atoms with van der Waals surface area (Å²) in [4.78, 5) is 21.9. The maximum absolute atomic E-state index is 11.3. The Kier molecular flexibility index (Phi) is 8.83. The van der Waals surface area contributed by atoms with Gasteiger partial charge in [0.1, 0.15) is 5.60 Å². The highest BCUT2D eigenvalue weighted by atomic mass is 32.2. The fourth-order valence-corrected chi connectivity index (χ4v) is 1.51. The van der Waals surface area contributed by atoms with Crippen LogP contribution in [0.1, 0.15) is 34.1 Å². The van der Waals surface area contributed by atoms with Gasteiger partial charge in [0.05, 0.1) is 6.61 Å². The number of amides is 1. The van der Waals surface area contributed by atoms with Crippen molar-refractivity contribution in [2.45, 2.75) is 39.7 Å². The molecular formula is C12H23NO4S. The molecule has 0 aliphatic rings. The topological polar surface area (TPSA) is 64.6 Å². The van der Waals surface area contributed by atoms with Gasteiger partial charge in [-0.2, -0.15) is 0 Å². The second kappa shape index (κ2) is 9.22. The molecule has 0 rings (SSSR count). The molecule has 1 amide bonds. The van der Waals surface area contributed by atoms with E-state index in [0.29, 0.717) is 25.5 Å². The predicted octanol–water partition coefficient (Wildman–Crippen LogP) is 2.20. The first-order chi connectivity index (χ1) is 8.31. The summed E-state index contributed by atoms with van der Waals surface area (Å²) < 4.78 is 10.4. The van der Waals surface area contributed by atoms with Gasteiger partial charge < -0.3 is 14.8 Å². The molecule has 0 unspecified atom stereocenters. The molecule has 6 heteroatoms. The van der Waals surface area contributed by atoms with Gasteiger partial charge in [-0.25, -0.2) is 4.79 Å². The average molecular weight is 277 g/mol. The second-order valence-electron chi connectivity index (χ2n) is 4.73. The summed E-state index contributed by atoms with van der Waals surface area (Å²) in [7, 11) is 0. The Labute approximate surface area is 113 Å². The average Bonchev–Trinajstić information content (AvgIpc) is 2.18. The minimum atomic E-state index is -0.468. The van der Waals surface area contributed by atoms with E-state index in [-0.39, 0.29) is 5.12 Å². The molecule has 0 aromatic carbocycles. The van der Waals surface area contributed by atoms with E-state index in [1.54, 1.807) is 0 Å². The third-order valence-electron chi connectivity index (χ3n) is 1.67.